The Hall–Kier alpha value is -1.56. The van der Waals surface area contributed by atoms with Gasteiger partial charge >= 0.3 is 0 Å². The predicted molar refractivity (Wildman–Crippen MR) is 81.8 cm³/mol. The van der Waals surface area contributed by atoms with Gasteiger partial charge in [0.25, 0.3) is 0 Å². The summed E-state index contributed by atoms with van der Waals surface area (Å²) in [5, 5.41) is 6.67. The Kier molecular flexibility index (Phi) is 4.32. The van der Waals surface area contributed by atoms with Gasteiger partial charge in [-0.2, -0.15) is 9.97 Å². The van der Waals surface area contributed by atoms with Gasteiger partial charge in [0.1, 0.15) is 11.6 Å². The monoisotopic (exact) mass is 279 g/mol. The van der Waals surface area contributed by atoms with Crippen LogP contribution < -0.4 is 16.4 Å². The molecule has 20 heavy (non-hydrogen) atoms. The van der Waals surface area contributed by atoms with E-state index in [0.29, 0.717) is 6.04 Å². The van der Waals surface area contributed by atoms with Gasteiger partial charge in [-0.3, -0.25) is 0 Å². The molecule has 1 aromatic rings. The lowest BCUT2D eigenvalue weighted by Crippen LogP contribution is -2.57. The van der Waals surface area contributed by atoms with E-state index >= 15 is 0 Å². The van der Waals surface area contributed by atoms with Crippen molar-refractivity contribution in [3.05, 3.63) is 6.07 Å². The zero-order valence-electron chi connectivity index (χ0n) is 12.7. The summed E-state index contributed by atoms with van der Waals surface area (Å²) in [4.78, 5) is 8.44. The molecule has 4 N–H and O–H groups in total. The SMILES string of the molecule is CCCNc1cc(NC2CC(OC)C2(C)C)nc(N)n1. The van der Waals surface area contributed by atoms with E-state index in [-0.39, 0.29) is 17.5 Å². The number of nitrogens with two attached hydrogens (primary N) is 1. The van der Waals surface area contributed by atoms with Crippen LogP contribution in [0.25, 0.3) is 0 Å². The average Bonchev–Trinajstić information content (AvgIpc) is 2.40. The van der Waals surface area contributed by atoms with Crippen LogP contribution in [0.2, 0.25) is 0 Å². The Labute approximate surface area is 120 Å². The van der Waals surface area contributed by atoms with Gasteiger partial charge in [-0.1, -0.05) is 20.8 Å². The lowest BCUT2D eigenvalue weighted by atomic mass is 9.64. The van der Waals surface area contributed by atoms with E-state index in [4.69, 9.17) is 10.5 Å². The standard InChI is InChI=1S/C14H25N5O/c1-5-6-16-11-8-12(19-13(15)18-11)17-9-7-10(20-4)14(9,2)3/h8-10H,5-7H2,1-4H3,(H4,15,16,17,18,19). The Balaban J connectivity index is 2.05. The largest absolute Gasteiger partial charge is 0.381 e. The van der Waals surface area contributed by atoms with Crippen molar-refractivity contribution in [3.63, 3.8) is 0 Å². The van der Waals surface area contributed by atoms with Crippen LogP contribution >= 0.6 is 0 Å². The van der Waals surface area contributed by atoms with Crippen LogP contribution in [-0.2, 0) is 4.74 Å². The first-order valence-electron chi connectivity index (χ1n) is 7.15. The minimum absolute atomic E-state index is 0.0888. The second-order valence-corrected chi connectivity index (χ2v) is 5.90. The van der Waals surface area contributed by atoms with Crippen LogP contribution in [0.5, 0.6) is 0 Å². The molecule has 0 spiro atoms. The maximum Gasteiger partial charge on any atom is 0.223 e. The third kappa shape index (κ3) is 2.95. The number of nitrogen functional groups attached to an aromatic ring is 1. The molecule has 1 aliphatic rings. The minimum atomic E-state index is 0.0888. The molecule has 1 aromatic heterocycles. The number of methoxy groups -OCH3 is 1. The van der Waals surface area contributed by atoms with Gasteiger partial charge < -0.3 is 21.1 Å². The molecule has 0 bridgehead atoms. The van der Waals surface area contributed by atoms with Crippen molar-refractivity contribution < 1.29 is 4.74 Å². The number of aromatic nitrogens is 2. The number of rotatable bonds is 6. The number of anilines is 3. The summed E-state index contributed by atoms with van der Waals surface area (Å²) >= 11 is 0. The van der Waals surface area contributed by atoms with E-state index in [1.54, 1.807) is 7.11 Å². The predicted octanol–water partition coefficient (Wildman–Crippen LogP) is 2.11. The Morgan fingerprint density at radius 1 is 1.40 bits per heavy atom. The van der Waals surface area contributed by atoms with E-state index in [1.807, 2.05) is 6.07 Å². The fourth-order valence-corrected chi connectivity index (χ4v) is 2.59. The van der Waals surface area contributed by atoms with Crippen LogP contribution in [-0.4, -0.2) is 35.8 Å². The smallest absolute Gasteiger partial charge is 0.223 e. The van der Waals surface area contributed by atoms with Crippen LogP contribution in [0.1, 0.15) is 33.6 Å². The Morgan fingerprint density at radius 3 is 2.70 bits per heavy atom. The molecule has 1 fully saturated rings. The van der Waals surface area contributed by atoms with Crippen molar-refractivity contribution >= 4 is 17.6 Å². The van der Waals surface area contributed by atoms with E-state index in [2.05, 4.69) is 41.4 Å². The third-order valence-corrected chi connectivity index (χ3v) is 4.08. The first kappa shape index (κ1) is 14.8. The molecule has 1 aliphatic carbocycles. The molecule has 6 nitrogen and oxygen atoms in total. The lowest BCUT2D eigenvalue weighted by molar-refractivity contribution is -0.0795. The molecule has 6 heteroatoms. The highest BCUT2D eigenvalue weighted by molar-refractivity contribution is 5.52. The zero-order valence-corrected chi connectivity index (χ0v) is 12.7. The number of hydrogen-bond donors (Lipinski definition) is 3. The first-order chi connectivity index (χ1) is 9.47. The molecule has 0 saturated heterocycles. The normalized spacial score (nSPS) is 24.0. The van der Waals surface area contributed by atoms with E-state index in [1.165, 1.54) is 0 Å². The summed E-state index contributed by atoms with van der Waals surface area (Å²) in [7, 11) is 1.76. The van der Waals surface area contributed by atoms with Crippen molar-refractivity contribution in [1.29, 1.82) is 0 Å². The number of hydrogen-bond acceptors (Lipinski definition) is 6. The molecule has 0 aliphatic heterocycles. The molecule has 2 unspecified atom stereocenters. The van der Waals surface area contributed by atoms with Crippen LogP contribution in [0, 0.1) is 5.41 Å². The summed E-state index contributed by atoms with van der Waals surface area (Å²) in [5.41, 5.74) is 5.85. The van der Waals surface area contributed by atoms with Crippen LogP contribution in [0.3, 0.4) is 0 Å². The van der Waals surface area contributed by atoms with Gasteiger partial charge in [0.15, 0.2) is 0 Å². The summed E-state index contributed by atoms with van der Waals surface area (Å²) in [6, 6.07) is 2.24. The van der Waals surface area contributed by atoms with Crippen molar-refractivity contribution in [3.8, 4) is 0 Å². The second-order valence-electron chi connectivity index (χ2n) is 5.90. The average molecular weight is 279 g/mol. The molecule has 1 saturated carbocycles. The maximum absolute atomic E-state index is 5.76. The van der Waals surface area contributed by atoms with Gasteiger partial charge in [0.05, 0.1) is 6.10 Å². The van der Waals surface area contributed by atoms with Crippen LogP contribution in [0.15, 0.2) is 6.07 Å². The fraction of sp³-hybridized carbons (Fsp3) is 0.714. The Bertz CT molecular complexity index is 463. The van der Waals surface area contributed by atoms with Crippen molar-refractivity contribution in [2.45, 2.75) is 45.8 Å². The van der Waals surface area contributed by atoms with Gasteiger partial charge in [-0.05, 0) is 12.8 Å². The lowest BCUT2D eigenvalue weighted by Gasteiger charge is -2.51. The fourth-order valence-electron chi connectivity index (χ4n) is 2.59. The highest BCUT2D eigenvalue weighted by atomic mass is 16.5. The molecular weight excluding hydrogens is 254 g/mol. The molecule has 0 aromatic carbocycles. The molecule has 0 amide bonds. The van der Waals surface area contributed by atoms with E-state index in [0.717, 1.165) is 31.0 Å². The van der Waals surface area contributed by atoms with Gasteiger partial charge in [-0.15, -0.1) is 0 Å². The summed E-state index contributed by atoms with van der Waals surface area (Å²) < 4.78 is 5.46. The Morgan fingerprint density at radius 2 is 2.10 bits per heavy atom. The van der Waals surface area contributed by atoms with Crippen LogP contribution in [0.4, 0.5) is 17.6 Å². The number of nitrogens with zero attached hydrogens (tertiary/aromatic N) is 2. The quantitative estimate of drug-likeness (QED) is 0.739. The van der Waals surface area contributed by atoms with Crippen molar-refractivity contribution in [1.82, 2.24) is 9.97 Å². The van der Waals surface area contributed by atoms with Gasteiger partial charge in [-0.25, -0.2) is 0 Å². The molecule has 2 atom stereocenters. The molecule has 2 rings (SSSR count). The summed E-state index contributed by atoms with van der Waals surface area (Å²) in [6.07, 6.45) is 2.31. The second kappa shape index (κ2) is 5.83. The molecule has 112 valence electrons. The first-order valence-corrected chi connectivity index (χ1v) is 7.15. The topological polar surface area (TPSA) is 85.1 Å². The van der Waals surface area contributed by atoms with E-state index in [9.17, 15) is 0 Å². The highest BCUT2D eigenvalue weighted by Gasteiger charge is 2.48. The third-order valence-electron chi connectivity index (χ3n) is 4.08. The van der Waals surface area contributed by atoms with Gasteiger partial charge in [0.2, 0.25) is 5.95 Å². The molecular formula is C14H25N5O. The van der Waals surface area contributed by atoms with Crippen molar-refractivity contribution in [2.24, 2.45) is 5.41 Å². The maximum atomic E-state index is 5.76. The molecule has 1 heterocycles. The summed E-state index contributed by atoms with van der Waals surface area (Å²) in [5.74, 6) is 1.82. The summed E-state index contributed by atoms with van der Waals surface area (Å²) in [6.45, 7) is 7.38. The minimum Gasteiger partial charge on any atom is -0.381 e. The molecule has 0 radical (unpaired) electrons. The van der Waals surface area contributed by atoms with Gasteiger partial charge in [0, 0.05) is 31.2 Å². The number of ether oxygens (including phenoxy) is 1. The number of nitrogens with one attached hydrogen (secondary N) is 2. The van der Waals surface area contributed by atoms with E-state index < -0.39 is 0 Å². The highest BCUT2D eigenvalue weighted by Crippen LogP contribution is 2.43. The zero-order chi connectivity index (χ0) is 14.8. The van der Waals surface area contributed by atoms with Crippen molar-refractivity contribution in [2.75, 3.05) is 30.0 Å².